The number of hydrogen-bond acceptors (Lipinski definition) is 3. The van der Waals surface area contributed by atoms with Gasteiger partial charge >= 0.3 is 0 Å². The molecule has 0 aliphatic carbocycles. The Balaban J connectivity index is 1.86. The number of para-hydroxylation sites is 2. The van der Waals surface area contributed by atoms with Crippen molar-refractivity contribution in [2.75, 3.05) is 5.32 Å². The standard InChI is InChI=1S/C15H16N4/c1-11-12(7-5-9-16-11)17-10-15-18-13-6-3-4-8-14(13)19(15)2/h3-9,17H,10H2,1-2H3. The van der Waals surface area contributed by atoms with E-state index in [1.54, 1.807) is 6.20 Å². The van der Waals surface area contributed by atoms with E-state index in [1.807, 2.05) is 44.3 Å². The van der Waals surface area contributed by atoms with Gasteiger partial charge in [-0.1, -0.05) is 12.1 Å². The van der Waals surface area contributed by atoms with E-state index in [4.69, 9.17) is 0 Å². The van der Waals surface area contributed by atoms with E-state index in [0.29, 0.717) is 6.54 Å². The number of nitrogens with zero attached hydrogens (tertiary/aromatic N) is 3. The molecule has 0 spiro atoms. The van der Waals surface area contributed by atoms with E-state index in [2.05, 4.69) is 25.9 Å². The number of hydrogen-bond donors (Lipinski definition) is 1. The van der Waals surface area contributed by atoms with Crippen LogP contribution in [0, 0.1) is 6.92 Å². The van der Waals surface area contributed by atoms with Gasteiger partial charge < -0.3 is 9.88 Å². The van der Waals surface area contributed by atoms with Crippen molar-refractivity contribution in [2.24, 2.45) is 7.05 Å². The average molecular weight is 252 g/mol. The fourth-order valence-corrected chi connectivity index (χ4v) is 2.20. The summed E-state index contributed by atoms with van der Waals surface area (Å²) in [5.74, 6) is 1.02. The van der Waals surface area contributed by atoms with Gasteiger partial charge in [0.25, 0.3) is 0 Å². The molecule has 0 aliphatic rings. The molecule has 0 aliphatic heterocycles. The lowest BCUT2D eigenvalue weighted by molar-refractivity contribution is 0.833. The molecule has 4 heteroatoms. The third kappa shape index (κ3) is 2.17. The fourth-order valence-electron chi connectivity index (χ4n) is 2.20. The Hall–Kier alpha value is -2.36. The predicted molar refractivity (Wildman–Crippen MR) is 77.0 cm³/mol. The Morgan fingerprint density at radius 3 is 2.79 bits per heavy atom. The molecule has 1 aromatic carbocycles. The van der Waals surface area contributed by atoms with E-state index >= 15 is 0 Å². The van der Waals surface area contributed by atoms with Crippen molar-refractivity contribution >= 4 is 16.7 Å². The van der Waals surface area contributed by atoms with Gasteiger partial charge in [-0.2, -0.15) is 0 Å². The van der Waals surface area contributed by atoms with Crippen molar-refractivity contribution in [1.82, 2.24) is 14.5 Å². The Labute approximate surface area is 112 Å². The summed E-state index contributed by atoms with van der Waals surface area (Å²) in [4.78, 5) is 8.90. The molecule has 0 amide bonds. The van der Waals surface area contributed by atoms with Crippen LogP contribution in [0.15, 0.2) is 42.6 Å². The second-order valence-electron chi connectivity index (χ2n) is 4.57. The molecule has 4 nitrogen and oxygen atoms in total. The SMILES string of the molecule is Cc1ncccc1NCc1nc2ccccc2n1C. The van der Waals surface area contributed by atoms with E-state index in [0.717, 1.165) is 28.2 Å². The fraction of sp³-hybridized carbons (Fsp3) is 0.200. The second kappa shape index (κ2) is 4.72. The number of benzene rings is 1. The number of aromatic nitrogens is 3. The quantitative estimate of drug-likeness (QED) is 0.779. The number of fused-ring (bicyclic) bond motifs is 1. The second-order valence-corrected chi connectivity index (χ2v) is 4.57. The van der Waals surface area contributed by atoms with Crippen LogP contribution < -0.4 is 5.32 Å². The van der Waals surface area contributed by atoms with Gasteiger partial charge in [-0.25, -0.2) is 4.98 Å². The first-order valence-electron chi connectivity index (χ1n) is 6.31. The highest BCUT2D eigenvalue weighted by Crippen LogP contribution is 2.16. The minimum atomic E-state index is 0.692. The lowest BCUT2D eigenvalue weighted by atomic mass is 10.3. The zero-order valence-corrected chi connectivity index (χ0v) is 11.1. The monoisotopic (exact) mass is 252 g/mol. The molecule has 0 saturated carbocycles. The number of anilines is 1. The van der Waals surface area contributed by atoms with Crippen molar-refractivity contribution in [3.63, 3.8) is 0 Å². The lowest BCUT2D eigenvalue weighted by Gasteiger charge is -2.08. The summed E-state index contributed by atoms with van der Waals surface area (Å²) in [7, 11) is 2.04. The number of imidazole rings is 1. The molecule has 3 aromatic rings. The largest absolute Gasteiger partial charge is 0.376 e. The van der Waals surface area contributed by atoms with E-state index in [1.165, 1.54) is 0 Å². The first kappa shape index (κ1) is 11.7. The van der Waals surface area contributed by atoms with Gasteiger partial charge in [0.2, 0.25) is 0 Å². The summed E-state index contributed by atoms with van der Waals surface area (Å²) >= 11 is 0. The van der Waals surface area contributed by atoms with Crippen LogP contribution in [0.2, 0.25) is 0 Å². The molecule has 0 bridgehead atoms. The molecule has 0 radical (unpaired) electrons. The zero-order chi connectivity index (χ0) is 13.2. The topological polar surface area (TPSA) is 42.7 Å². The van der Waals surface area contributed by atoms with Gasteiger partial charge in [0, 0.05) is 13.2 Å². The van der Waals surface area contributed by atoms with Crippen LogP contribution in [-0.4, -0.2) is 14.5 Å². The maximum absolute atomic E-state index is 4.64. The van der Waals surface area contributed by atoms with Gasteiger partial charge in [0.05, 0.1) is 29.0 Å². The van der Waals surface area contributed by atoms with Gasteiger partial charge in [-0.05, 0) is 31.2 Å². The van der Waals surface area contributed by atoms with Crippen LogP contribution in [0.25, 0.3) is 11.0 Å². The summed E-state index contributed by atoms with van der Waals surface area (Å²) < 4.78 is 2.12. The summed E-state index contributed by atoms with van der Waals surface area (Å²) in [6.07, 6.45) is 1.80. The third-order valence-corrected chi connectivity index (χ3v) is 3.32. The summed E-state index contributed by atoms with van der Waals surface area (Å²) in [6, 6.07) is 12.1. The summed E-state index contributed by atoms with van der Waals surface area (Å²) in [6.45, 7) is 2.69. The molecule has 3 rings (SSSR count). The van der Waals surface area contributed by atoms with Crippen molar-refractivity contribution < 1.29 is 0 Å². The molecule has 0 atom stereocenters. The number of rotatable bonds is 3. The van der Waals surface area contributed by atoms with Gasteiger partial charge in [0.15, 0.2) is 0 Å². The Bertz CT molecular complexity index is 715. The average Bonchev–Trinajstić information content (AvgIpc) is 2.75. The Morgan fingerprint density at radius 1 is 1.16 bits per heavy atom. The highest BCUT2D eigenvalue weighted by atomic mass is 15.1. The maximum Gasteiger partial charge on any atom is 0.128 e. The first-order valence-corrected chi connectivity index (χ1v) is 6.31. The molecule has 19 heavy (non-hydrogen) atoms. The van der Waals surface area contributed by atoms with Crippen LogP contribution in [0.4, 0.5) is 5.69 Å². The highest BCUT2D eigenvalue weighted by molar-refractivity contribution is 5.75. The molecule has 96 valence electrons. The zero-order valence-electron chi connectivity index (χ0n) is 11.1. The van der Waals surface area contributed by atoms with Crippen LogP contribution >= 0.6 is 0 Å². The molecule has 1 N–H and O–H groups in total. The molecule has 0 unspecified atom stereocenters. The van der Waals surface area contributed by atoms with Crippen LogP contribution in [0.1, 0.15) is 11.5 Å². The van der Waals surface area contributed by atoms with Crippen LogP contribution in [0.5, 0.6) is 0 Å². The summed E-state index contributed by atoms with van der Waals surface area (Å²) in [5, 5.41) is 3.39. The molecular weight excluding hydrogens is 236 g/mol. The van der Waals surface area contributed by atoms with Crippen molar-refractivity contribution in [2.45, 2.75) is 13.5 Å². The Kier molecular flexibility index (Phi) is 2.91. The van der Waals surface area contributed by atoms with Crippen molar-refractivity contribution in [3.05, 3.63) is 54.1 Å². The van der Waals surface area contributed by atoms with Crippen LogP contribution in [-0.2, 0) is 13.6 Å². The minimum absolute atomic E-state index is 0.692. The molecule has 2 aromatic heterocycles. The third-order valence-electron chi connectivity index (χ3n) is 3.32. The van der Waals surface area contributed by atoms with Crippen molar-refractivity contribution in [1.29, 1.82) is 0 Å². The number of nitrogens with one attached hydrogen (secondary N) is 1. The van der Waals surface area contributed by atoms with Gasteiger partial charge in [0.1, 0.15) is 5.82 Å². The number of pyridine rings is 1. The lowest BCUT2D eigenvalue weighted by Crippen LogP contribution is -2.07. The molecule has 0 saturated heterocycles. The predicted octanol–water partition coefficient (Wildman–Crippen LogP) is 2.89. The van der Waals surface area contributed by atoms with Crippen molar-refractivity contribution in [3.8, 4) is 0 Å². The normalized spacial score (nSPS) is 10.8. The molecule has 0 fully saturated rings. The van der Waals surface area contributed by atoms with Crippen LogP contribution in [0.3, 0.4) is 0 Å². The minimum Gasteiger partial charge on any atom is -0.376 e. The smallest absolute Gasteiger partial charge is 0.128 e. The molecule has 2 heterocycles. The Morgan fingerprint density at radius 2 is 2.00 bits per heavy atom. The van der Waals surface area contributed by atoms with E-state index in [9.17, 15) is 0 Å². The summed E-state index contributed by atoms with van der Waals surface area (Å²) in [5.41, 5.74) is 4.24. The molecular formula is C15H16N4. The maximum atomic E-state index is 4.64. The van der Waals surface area contributed by atoms with Gasteiger partial charge in [-0.3, -0.25) is 4.98 Å². The van der Waals surface area contributed by atoms with E-state index in [-0.39, 0.29) is 0 Å². The van der Waals surface area contributed by atoms with Gasteiger partial charge in [-0.15, -0.1) is 0 Å². The number of aryl methyl sites for hydroxylation is 2. The first-order chi connectivity index (χ1) is 9.25. The van der Waals surface area contributed by atoms with E-state index < -0.39 is 0 Å². The highest BCUT2D eigenvalue weighted by Gasteiger charge is 2.07.